The van der Waals surface area contributed by atoms with Crippen LogP contribution in [-0.4, -0.2) is 36.8 Å². The highest BCUT2D eigenvalue weighted by molar-refractivity contribution is 5.76. The van der Waals surface area contributed by atoms with Crippen molar-refractivity contribution in [3.63, 3.8) is 0 Å². The molecule has 0 saturated carbocycles. The fourth-order valence-electron chi connectivity index (χ4n) is 2.93. The van der Waals surface area contributed by atoms with Crippen molar-refractivity contribution in [3.05, 3.63) is 29.3 Å². The number of halogens is 3. The van der Waals surface area contributed by atoms with Crippen LogP contribution in [0.2, 0.25) is 0 Å². The molecule has 5 nitrogen and oxygen atoms in total. The molecule has 1 aliphatic heterocycles. The van der Waals surface area contributed by atoms with Crippen molar-refractivity contribution in [3.8, 4) is 6.07 Å². The predicted octanol–water partition coefficient (Wildman–Crippen LogP) is 2.04. The largest absolute Gasteiger partial charge is 0.417 e. The maximum atomic E-state index is 13.1. The molecule has 1 saturated heterocycles. The molecule has 1 unspecified atom stereocenters. The predicted molar refractivity (Wildman–Crippen MR) is 81.2 cm³/mol. The number of benzene rings is 1. The minimum absolute atomic E-state index is 0.0591. The van der Waals surface area contributed by atoms with Crippen LogP contribution in [0.25, 0.3) is 0 Å². The molecule has 2 rings (SSSR count). The molecule has 8 heteroatoms. The van der Waals surface area contributed by atoms with Crippen molar-refractivity contribution in [2.45, 2.75) is 31.0 Å². The Morgan fingerprint density at radius 3 is 2.79 bits per heavy atom. The summed E-state index contributed by atoms with van der Waals surface area (Å²) in [5.41, 5.74) is -2.45. The summed E-state index contributed by atoms with van der Waals surface area (Å²) in [6.45, 7) is 0.531. The Kier molecular flexibility index (Phi) is 5.04. The number of anilines is 1. The van der Waals surface area contributed by atoms with Gasteiger partial charge < -0.3 is 15.3 Å². The van der Waals surface area contributed by atoms with Gasteiger partial charge in [-0.15, -0.1) is 0 Å². The second kappa shape index (κ2) is 6.69. The second-order valence-corrected chi connectivity index (χ2v) is 5.94. The van der Waals surface area contributed by atoms with E-state index in [4.69, 9.17) is 5.26 Å². The lowest BCUT2D eigenvalue weighted by Crippen LogP contribution is -2.50. The van der Waals surface area contributed by atoms with E-state index >= 15 is 0 Å². The third-order valence-electron chi connectivity index (χ3n) is 4.12. The SMILES string of the molecule is CNC(=O)CC1(O)CCCN(c2ccc(C#N)c(C(F)(F)F)c2)C1. The Hall–Kier alpha value is -2.27. The molecule has 0 bridgehead atoms. The molecule has 1 aliphatic rings. The van der Waals surface area contributed by atoms with Crippen LogP contribution in [0.4, 0.5) is 18.9 Å². The first-order valence-corrected chi connectivity index (χ1v) is 7.48. The third kappa shape index (κ3) is 3.97. The summed E-state index contributed by atoms with van der Waals surface area (Å²) < 4.78 is 39.2. The average Bonchev–Trinajstić information content (AvgIpc) is 2.52. The molecule has 2 N–H and O–H groups in total. The number of hydrogen-bond donors (Lipinski definition) is 2. The number of carbonyl (C=O) groups excluding carboxylic acids is 1. The Bertz CT molecular complexity index is 670. The molecule has 1 aromatic carbocycles. The zero-order chi connectivity index (χ0) is 18.0. The molecule has 0 aromatic heterocycles. The molecule has 130 valence electrons. The zero-order valence-corrected chi connectivity index (χ0v) is 13.2. The Morgan fingerprint density at radius 1 is 1.50 bits per heavy atom. The summed E-state index contributed by atoms with van der Waals surface area (Å²) in [6, 6.07) is 5.02. The smallest absolute Gasteiger partial charge is 0.388 e. The molecule has 24 heavy (non-hydrogen) atoms. The standard InChI is InChI=1S/C16H18F3N3O2/c1-21-14(23)8-15(24)5-2-6-22(10-15)12-4-3-11(9-20)13(7-12)16(17,18)19/h3-4,7,24H,2,5-6,8,10H2,1H3,(H,21,23). The molecule has 1 amide bonds. The monoisotopic (exact) mass is 341 g/mol. The fourth-order valence-corrected chi connectivity index (χ4v) is 2.93. The average molecular weight is 341 g/mol. The number of carbonyl (C=O) groups is 1. The van der Waals surface area contributed by atoms with E-state index in [0.29, 0.717) is 19.4 Å². The molecular weight excluding hydrogens is 323 g/mol. The van der Waals surface area contributed by atoms with E-state index in [1.54, 1.807) is 11.0 Å². The molecule has 0 aliphatic carbocycles. The van der Waals surface area contributed by atoms with Gasteiger partial charge in [0.1, 0.15) is 0 Å². The first kappa shape index (κ1) is 18.1. The van der Waals surface area contributed by atoms with Crippen molar-refractivity contribution >= 4 is 11.6 Å². The van der Waals surface area contributed by atoms with Crippen molar-refractivity contribution in [2.24, 2.45) is 0 Å². The Morgan fingerprint density at radius 2 is 2.21 bits per heavy atom. The Balaban J connectivity index is 2.28. The number of nitrogens with one attached hydrogen (secondary N) is 1. The molecule has 1 aromatic rings. The normalized spacial score (nSPS) is 21.2. The number of piperidine rings is 1. The third-order valence-corrected chi connectivity index (χ3v) is 4.12. The van der Waals surface area contributed by atoms with Crippen molar-refractivity contribution < 1.29 is 23.1 Å². The second-order valence-electron chi connectivity index (χ2n) is 5.94. The van der Waals surface area contributed by atoms with Crippen LogP contribution in [0.3, 0.4) is 0 Å². The summed E-state index contributed by atoms with van der Waals surface area (Å²) in [5, 5.41) is 21.8. The van der Waals surface area contributed by atoms with Gasteiger partial charge in [0.25, 0.3) is 0 Å². The van der Waals surface area contributed by atoms with Crippen LogP contribution in [0.1, 0.15) is 30.4 Å². The highest BCUT2D eigenvalue weighted by Crippen LogP contribution is 2.36. The van der Waals surface area contributed by atoms with E-state index in [1.807, 2.05) is 0 Å². The van der Waals surface area contributed by atoms with E-state index in [2.05, 4.69) is 5.32 Å². The number of nitrogens with zero attached hydrogens (tertiary/aromatic N) is 2. The van der Waals surface area contributed by atoms with Gasteiger partial charge >= 0.3 is 6.18 Å². The zero-order valence-electron chi connectivity index (χ0n) is 13.2. The minimum atomic E-state index is -4.63. The molecule has 0 radical (unpaired) electrons. The van der Waals surface area contributed by atoms with E-state index < -0.39 is 22.9 Å². The number of aliphatic hydroxyl groups is 1. The van der Waals surface area contributed by atoms with Gasteiger partial charge in [0, 0.05) is 25.8 Å². The first-order valence-electron chi connectivity index (χ1n) is 7.48. The van der Waals surface area contributed by atoms with Gasteiger partial charge in [0.2, 0.25) is 5.91 Å². The van der Waals surface area contributed by atoms with Crippen molar-refractivity contribution in [1.82, 2.24) is 5.32 Å². The van der Waals surface area contributed by atoms with E-state index in [1.165, 1.54) is 13.1 Å². The summed E-state index contributed by atoms with van der Waals surface area (Å²) in [4.78, 5) is 13.1. The molecule has 0 spiro atoms. The highest BCUT2D eigenvalue weighted by atomic mass is 19.4. The maximum absolute atomic E-state index is 13.1. The van der Waals surface area contributed by atoms with Crippen LogP contribution in [0.15, 0.2) is 18.2 Å². The number of hydrogen-bond acceptors (Lipinski definition) is 4. The van der Waals surface area contributed by atoms with Crippen molar-refractivity contribution in [1.29, 1.82) is 5.26 Å². The lowest BCUT2D eigenvalue weighted by molar-refractivity contribution is -0.137. The number of nitriles is 1. The van der Waals surface area contributed by atoms with Gasteiger partial charge in [-0.3, -0.25) is 4.79 Å². The Labute approximate surface area is 137 Å². The minimum Gasteiger partial charge on any atom is -0.388 e. The topological polar surface area (TPSA) is 76.4 Å². The first-order chi connectivity index (χ1) is 11.2. The van der Waals surface area contributed by atoms with Gasteiger partial charge in [-0.1, -0.05) is 0 Å². The fraction of sp³-hybridized carbons (Fsp3) is 0.500. The molecule has 1 atom stereocenters. The van der Waals surface area contributed by atoms with Gasteiger partial charge in [-0.25, -0.2) is 0 Å². The number of alkyl halides is 3. The van der Waals surface area contributed by atoms with Gasteiger partial charge in [-0.05, 0) is 31.0 Å². The van der Waals surface area contributed by atoms with E-state index in [9.17, 15) is 23.1 Å². The quantitative estimate of drug-likeness (QED) is 0.882. The van der Waals surface area contributed by atoms with Crippen LogP contribution in [-0.2, 0) is 11.0 Å². The lowest BCUT2D eigenvalue weighted by atomic mass is 9.88. The van der Waals surface area contributed by atoms with Gasteiger partial charge in [0.15, 0.2) is 0 Å². The summed E-state index contributed by atoms with van der Waals surface area (Å²) in [5.74, 6) is -0.324. The number of amides is 1. The number of β-amino-alcohol motifs (C(OH)–C–C–N with tert-alkyl or cyclic N) is 1. The molecular formula is C16H18F3N3O2. The van der Waals surface area contributed by atoms with Gasteiger partial charge in [0.05, 0.1) is 29.2 Å². The summed E-state index contributed by atoms with van der Waals surface area (Å²) >= 11 is 0. The molecule has 1 heterocycles. The van der Waals surface area contributed by atoms with Crippen LogP contribution >= 0.6 is 0 Å². The molecule has 1 fully saturated rings. The summed E-state index contributed by atoms with van der Waals surface area (Å²) in [7, 11) is 1.46. The van der Waals surface area contributed by atoms with Gasteiger partial charge in [-0.2, -0.15) is 18.4 Å². The van der Waals surface area contributed by atoms with Crippen LogP contribution in [0.5, 0.6) is 0 Å². The lowest BCUT2D eigenvalue weighted by Gasteiger charge is -2.40. The van der Waals surface area contributed by atoms with Crippen LogP contribution < -0.4 is 10.2 Å². The van der Waals surface area contributed by atoms with Crippen LogP contribution in [0, 0.1) is 11.3 Å². The highest BCUT2D eigenvalue weighted by Gasteiger charge is 2.37. The number of rotatable bonds is 3. The summed E-state index contributed by atoms with van der Waals surface area (Å²) in [6.07, 6.45) is -3.79. The van der Waals surface area contributed by atoms with Crippen molar-refractivity contribution in [2.75, 3.05) is 25.0 Å². The van der Waals surface area contributed by atoms with E-state index in [0.717, 1.165) is 12.1 Å². The van der Waals surface area contributed by atoms with E-state index in [-0.39, 0.29) is 24.6 Å². The maximum Gasteiger partial charge on any atom is 0.417 e.